The van der Waals surface area contributed by atoms with Crippen LogP contribution in [0.1, 0.15) is 25.7 Å². The highest BCUT2D eigenvalue weighted by atomic mass is 16.5. The lowest BCUT2D eigenvalue weighted by molar-refractivity contribution is -0.145. The van der Waals surface area contributed by atoms with Crippen LogP contribution in [-0.4, -0.2) is 43.2 Å². The van der Waals surface area contributed by atoms with Crippen molar-refractivity contribution in [2.45, 2.75) is 31.8 Å². The number of hydrogen-bond donors (Lipinski definition) is 1. The molecule has 4 heteroatoms. The van der Waals surface area contributed by atoms with Crippen LogP contribution in [-0.2, 0) is 9.53 Å². The fourth-order valence-corrected chi connectivity index (χ4v) is 2.19. The highest BCUT2D eigenvalue weighted by molar-refractivity contribution is 5.79. The molecule has 0 aromatic carbocycles. The van der Waals surface area contributed by atoms with Gasteiger partial charge in [0.15, 0.2) is 0 Å². The van der Waals surface area contributed by atoms with Gasteiger partial charge in [0.05, 0.1) is 12.7 Å². The number of carbonyl (C=O) groups excluding carboxylic acids is 1. The maximum atomic E-state index is 12.0. The van der Waals surface area contributed by atoms with Gasteiger partial charge in [-0.25, -0.2) is 0 Å². The van der Waals surface area contributed by atoms with Gasteiger partial charge >= 0.3 is 0 Å². The summed E-state index contributed by atoms with van der Waals surface area (Å²) in [5.74, 6) is 0.646. The Morgan fingerprint density at radius 3 is 2.87 bits per heavy atom. The van der Waals surface area contributed by atoms with Crippen LogP contribution in [0, 0.1) is 5.92 Å². The second-order valence-corrected chi connectivity index (χ2v) is 4.48. The van der Waals surface area contributed by atoms with Crippen LogP contribution in [0.2, 0.25) is 0 Å². The van der Waals surface area contributed by atoms with Gasteiger partial charge in [-0.3, -0.25) is 4.79 Å². The van der Waals surface area contributed by atoms with Crippen molar-refractivity contribution in [3.8, 4) is 0 Å². The van der Waals surface area contributed by atoms with Crippen molar-refractivity contribution in [1.82, 2.24) is 4.90 Å². The fourth-order valence-electron chi connectivity index (χ4n) is 2.19. The molecule has 1 aliphatic heterocycles. The Kier molecular flexibility index (Phi) is 3.59. The van der Waals surface area contributed by atoms with Gasteiger partial charge in [0.2, 0.25) is 5.91 Å². The van der Waals surface area contributed by atoms with Crippen molar-refractivity contribution in [3.63, 3.8) is 0 Å². The molecule has 0 aromatic rings. The summed E-state index contributed by atoms with van der Waals surface area (Å²) >= 11 is 0. The summed E-state index contributed by atoms with van der Waals surface area (Å²) in [5.41, 5.74) is 5.49. The fraction of sp³-hybridized carbons (Fsp3) is 0.909. The number of nitrogens with zero attached hydrogens (tertiary/aromatic N) is 1. The molecule has 2 rings (SSSR count). The van der Waals surface area contributed by atoms with Crippen LogP contribution < -0.4 is 5.73 Å². The molecule has 15 heavy (non-hydrogen) atoms. The molecule has 86 valence electrons. The lowest BCUT2D eigenvalue weighted by Crippen LogP contribution is -2.49. The molecule has 1 aliphatic carbocycles. The first-order valence-electron chi connectivity index (χ1n) is 5.91. The minimum Gasteiger partial charge on any atom is -0.374 e. The molecular weight excluding hydrogens is 192 g/mol. The Labute approximate surface area is 90.8 Å². The molecule has 1 saturated carbocycles. The lowest BCUT2D eigenvalue weighted by Gasteiger charge is -2.37. The second-order valence-electron chi connectivity index (χ2n) is 4.48. The van der Waals surface area contributed by atoms with Gasteiger partial charge in [-0.05, 0) is 25.8 Å². The highest BCUT2D eigenvalue weighted by Gasteiger charge is 2.32. The van der Waals surface area contributed by atoms with E-state index in [1.54, 1.807) is 0 Å². The van der Waals surface area contributed by atoms with E-state index in [-0.39, 0.29) is 6.10 Å². The van der Waals surface area contributed by atoms with Crippen molar-refractivity contribution in [2.24, 2.45) is 11.7 Å². The van der Waals surface area contributed by atoms with Crippen molar-refractivity contribution >= 4 is 5.91 Å². The zero-order chi connectivity index (χ0) is 10.7. The van der Waals surface area contributed by atoms with Gasteiger partial charge in [-0.2, -0.15) is 0 Å². The summed E-state index contributed by atoms with van der Waals surface area (Å²) in [7, 11) is 0. The standard InChI is InChI=1S/C11H20N2O2/c12-5-4-10-8-13(6-7-15-10)11(14)9-2-1-3-9/h9-10H,1-8,12H2. The highest BCUT2D eigenvalue weighted by Crippen LogP contribution is 2.28. The molecule has 2 fully saturated rings. The number of amides is 1. The number of hydrogen-bond acceptors (Lipinski definition) is 3. The predicted molar refractivity (Wildman–Crippen MR) is 57.3 cm³/mol. The van der Waals surface area contributed by atoms with E-state index >= 15 is 0 Å². The average Bonchev–Trinajstić information content (AvgIpc) is 2.16. The largest absolute Gasteiger partial charge is 0.374 e. The minimum atomic E-state index is 0.160. The normalized spacial score (nSPS) is 27.5. The molecule has 0 aromatic heterocycles. The third-order valence-corrected chi connectivity index (χ3v) is 3.39. The maximum Gasteiger partial charge on any atom is 0.225 e. The van der Waals surface area contributed by atoms with Crippen molar-refractivity contribution in [2.75, 3.05) is 26.2 Å². The maximum absolute atomic E-state index is 12.0. The first kappa shape index (κ1) is 10.9. The van der Waals surface area contributed by atoms with Gasteiger partial charge in [0, 0.05) is 19.0 Å². The van der Waals surface area contributed by atoms with E-state index in [4.69, 9.17) is 10.5 Å². The van der Waals surface area contributed by atoms with Crippen LogP contribution >= 0.6 is 0 Å². The first-order chi connectivity index (χ1) is 7.31. The Morgan fingerprint density at radius 2 is 2.27 bits per heavy atom. The molecule has 2 aliphatic rings. The Bertz CT molecular complexity index is 227. The van der Waals surface area contributed by atoms with Crippen LogP contribution in [0.25, 0.3) is 0 Å². The number of morpholine rings is 1. The van der Waals surface area contributed by atoms with E-state index in [2.05, 4.69) is 0 Å². The zero-order valence-electron chi connectivity index (χ0n) is 9.15. The summed E-state index contributed by atoms with van der Waals surface area (Å²) in [4.78, 5) is 13.9. The van der Waals surface area contributed by atoms with Gasteiger partial charge in [0.1, 0.15) is 0 Å². The van der Waals surface area contributed by atoms with E-state index in [0.29, 0.717) is 25.0 Å². The monoisotopic (exact) mass is 212 g/mol. The van der Waals surface area contributed by atoms with E-state index in [9.17, 15) is 4.79 Å². The first-order valence-corrected chi connectivity index (χ1v) is 5.91. The Hall–Kier alpha value is -0.610. The molecule has 1 atom stereocenters. The molecule has 0 spiro atoms. The lowest BCUT2D eigenvalue weighted by atomic mass is 9.84. The minimum absolute atomic E-state index is 0.160. The van der Waals surface area contributed by atoms with Crippen molar-refractivity contribution in [1.29, 1.82) is 0 Å². The molecule has 1 saturated heterocycles. The van der Waals surface area contributed by atoms with Crippen LogP contribution in [0.15, 0.2) is 0 Å². The van der Waals surface area contributed by atoms with Crippen LogP contribution in [0.3, 0.4) is 0 Å². The van der Waals surface area contributed by atoms with Gasteiger partial charge < -0.3 is 15.4 Å². The topological polar surface area (TPSA) is 55.6 Å². The number of nitrogens with two attached hydrogens (primary N) is 1. The van der Waals surface area contributed by atoms with E-state index < -0.39 is 0 Å². The van der Waals surface area contributed by atoms with Crippen LogP contribution in [0.5, 0.6) is 0 Å². The molecule has 1 amide bonds. The summed E-state index contributed by atoms with van der Waals surface area (Å²) in [5, 5.41) is 0. The second kappa shape index (κ2) is 4.94. The van der Waals surface area contributed by atoms with E-state index in [1.165, 1.54) is 6.42 Å². The molecule has 0 radical (unpaired) electrons. The van der Waals surface area contributed by atoms with Gasteiger partial charge in [-0.1, -0.05) is 6.42 Å². The van der Waals surface area contributed by atoms with E-state index in [1.807, 2.05) is 4.90 Å². The van der Waals surface area contributed by atoms with E-state index in [0.717, 1.165) is 32.4 Å². The average molecular weight is 212 g/mol. The quantitative estimate of drug-likeness (QED) is 0.735. The number of ether oxygens (including phenoxy) is 1. The molecular formula is C11H20N2O2. The third-order valence-electron chi connectivity index (χ3n) is 3.39. The van der Waals surface area contributed by atoms with Crippen molar-refractivity contribution < 1.29 is 9.53 Å². The Morgan fingerprint density at radius 1 is 1.47 bits per heavy atom. The predicted octanol–water partition coefficient (Wildman–Crippen LogP) is 0.363. The zero-order valence-corrected chi connectivity index (χ0v) is 9.15. The number of rotatable bonds is 3. The summed E-state index contributed by atoms with van der Waals surface area (Å²) in [6.07, 6.45) is 4.39. The molecule has 0 bridgehead atoms. The van der Waals surface area contributed by atoms with Crippen molar-refractivity contribution in [3.05, 3.63) is 0 Å². The summed E-state index contributed by atoms with van der Waals surface area (Å²) < 4.78 is 5.56. The molecule has 4 nitrogen and oxygen atoms in total. The summed E-state index contributed by atoms with van der Waals surface area (Å²) in [6.45, 7) is 2.81. The third kappa shape index (κ3) is 2.49. The van der Waals surface area contributed by atoms with Gasteiger partial charge in [0.25, 0.3) is 0 Å². The number of carbonyl (C=O) groups is 1. The van der Waals surface area contributed by atoms with Crippen LogP contribution in [0.4, 0.5) is 0 Å². The SMILES string of the molecule is NCCC1CN(C(=O)C2CCC2)CCO1. The smallest absolute Gasteiger partial charge is 0.225 e. The van der Waals surface area contributed by atoms with Gasteiger partial charge in [-0.15, -0.1) is 0 Å². The molecule has 1 heterocycles. The Balaban J connectivity index is 1.83. The summed E-state index contributed by atoms with van der Waals surface area (Å²) in [6, 6.07) is 0. The molecule has 1 unspecified atom stereocenters. The molecule has 2 N–H and O–H groups in total.